The monoisotopic (exact) mass is 472 g/mol. The van der Waals surface area contributed by atoms with Gasteiger partial charge in [0, 0.05) is 25.3 Å². The molecule has 1 saturated carbocycles. The number of fused-ring (bicyclic) bond motifs is 1. The van der Waals surface area contributed by atoms with Gasteiger partial charge < -0.3 is 19.7 Å². The van der Waals surface area contributed by atoms with Crippen molar-refractivity contribution in [2.45, 2.75) is 31.6 Å². The second-order valence-electron chi connectivity index (χ2n) is 8.45. The molecule has 2 aliphatic rings. The highest BCUT2D eigenvalue weighted by Gasteiger charge is 2.36. The van der Waals surface area contributed by atoms with Crippen LogP contribution in [0.15, 0.2) is 36.4 Å². The molecule has 176 valence electrons. The lowest BCUT2D eigenvalue weighted by molar-refractivity contribution is -0.117. The Morgan fingerprint density at radius 3 is 2.61 bits per heavy atom. The lowest BCUT2D eigenvalue weighted by Gasteiger charge is -2.24. The first-order chi connectivity index (χ1) is 15.7. The molecule has 0 saturated heterocycles. The summed E-state index contributed by atoms with van der Waals surface area (Å²) in [6.45, 7) is 2.50. The summed E-state index contributed by atoms with van der Waals surface area (Å²) in [4.78, 5) is 27.1. The minimum absolute atomic E-state index is 0.0117. The largest absolute Gasteiger partial charge is 0.493 e. The predicted molar refractivity (Wildman–Crippen MR) is 124 cm³/mol. The van der Waals surface area contributed by atoms with Crippen molar-refractivity contribution in [2.75, 3.05) is 31.8 Å². The average Bonchev–Trinajstić information content (AvgIpc) is 3.56. The van der Waals surface area contributed by atoms with Gasteiger partial charge in [0.2, 0.25) is 5.91 Å². The smallest absolute Gasteiger partial charge is 0.256 e. The van der Waals surface area contributed by atoms with E-state index in [1.54, 1.807) is 30.3 Å². The maximum atomic E-state index is 13.3. The Kier molecular flexibility index (Phi) is 6.34. The molecule has 1 aliphatic carbocycles. The first kappa shape index (κ1) is 23.1. The number of amides is 2. The van der Waals surface area contributed by atoms with Crippen molar-refractivity contribution >= 4 is 27.3 Å². The Morgan fingerprint density at radius 1 is 1.21 bits per heavy atom. The van der Waals surface area contributed by atoms with Crippen LogP contribution in [0.4, 0.5) is 5.69 Å². The average molecular weight is 473 g/mol. The number of rotatable bonds is 9. The Bertz CT molecular complexity index is 1190. The summed E-state index contributed by atoms with van der Waals surface area (Å²) < 4.78 is 36.4. The highest BCUT2D eigenvalue weighted by molar-refractivity contribution is 7.91. The molecule has 1 fully saturated rings. The van der Waals surface area contributed by atoms with E-state index in [9.17, 15) is 18.0 Å². The Balaban J connectivity index is 1.61. The maximum Gasteiger partial charge on any atom is 0.256 e. The molecule has 33 heavy (non-hydrogen) atoms. The molecule has 1 N–H and O–H groups in total. The highest BCUT2D eigenvalue weighted by Crippen LogP contribution is 2.37. The zero-order chi connectivity index (χ0) is 23.8. The van der Waals surface area contributed by atoms with Crippen LogP contribution in [0.25, 0.3) is 0 Å². The number of benzene rings is 2. The van der Waals surface area contributed by atoms with E-state index in [1.807, 2.05) is 13.0 Å². The lowest BCUT2D eigenvalue weighted by atomic mass is 10.1. The molecule has 2 amide bonds. The normalized spacial score (nSPS) is 16.3. The van der Waals surface area contributed by atoms with Gasteiger partial charge in [-0.2, -0.15) is 0 Å². The second-order valence-corrected chi connectivity index (χ2v) is 10.7. The van der Waals surface area contributed by atoms with Crippen LogP contribution >= 0.6 is 0 Å². The molecule has 0 radical (unpaired) electrons. The summed E-state index contributed by atoms with van der Waals surface area (Å²) in [5.74, 6) is 0.604. The van der Waals surface area contributed by atoms with Crippen LogP contribution in [0.2, 0.25) is 0 Å². The van der Waals surface area contributed by atoms with Crippen molar-refractivity contribution in [2.24, 2.45) is 5.92 Å². The SMILES string of the molecule is CCOc1cc(C(CN2Cc3cccc(NC(=O)C4CC4)c3C2=O)S(C)(=O)=O)ccc1OC. The lowest BCUT2D eigenvalue weighted by Crippen LogP contribution is -2.32. The molecule has 1 unspecified atom stereocenters. The molecule has 2 aromatic rings. The second kappa shape index (κ2) is 9.05. The number of nitrogens with one attached hydrogen (secondary N) is 1. The van der Waals surface area contributed by atoms with Gasteiger partial charge in [-0.15, -0.1) is 0 Å². The van der Waals surface area contributed by atoms with Crippen molar-refractivity contribution in [1.29, 1.82) is 0 Å². The molecule has 4 rings (SSSR count). The van der Waals surface area contributed by atoms with E-state index in [1.165, 1.54) is 12.0 Å². The molecular formula is C24H28N2O6S. The zero-order valence-corrected chi connectivity index (χ0v) is 19.8. The van der Waals surface area contributed by atoms with E-state index in [0.717, 1.165) is 24.7 Å². The molecule has 2 aromatic carbocycles. The maximum absolute atomic E-state index is 13.3. The third kappa shape index (κ3) is 4.83. The summed E-state index contributed by atoms with van der Waals surface area (Å²) in [7, 11) is -2.04. The number of hydrogen-bond acceptors (Lipinski definition) is 6. The molecule has 0 aromatic heterocycles. The predicted octanol–water partition coefficient (Wildman–Crippen LogP) is 3.18. The number of hydrogen-bond donors (Lipinski definition) is 1. The van der Waals surface area contributed by atoms with Gasteiger partial charge in [0.05, 0.1) is 25.0 Å². The summed E-state index contributed by atoms with van der Waals surface area (Å²) in [5, 5.41) is 1.93. The van der Waals surface area contributed by atoms with Gasteiger partial charge in [-0.3, -0.25) is 9.59 Å². The van der Waals surface area contributed by atoms with Crippen LogP contribution < -0.4 is 14.8 Å². The van der Waals surface area contributed by atoms with Gasteiger partial charge in [-0.05, 0) is 49.1 Å². The molecule has 1 aliphatic heterocycles. The van der Waals surface area contributed by atoms with Crippen LogP contribution in [-0.4, -0.2) is 51.6 Å². The fraction of sp³-hybridized carbons (Fsp3) is 0.417. The minimum atomic E-state index is -3.56. The molecule has 0 bridgehead atoms. The number of methoxy groups -OCH3 is 1. The summed E-state index contributed by atoms with van der Waals surface area (Å²) in [6, 6.07) is 10.3. The van der Waals surface area contributed by atoms with Gasteiger partial charge >= 0.3 is 0 Å². The van der Waals surface area contributed by atoms with Gasteiger partial charge in [0.1, 0.15) is 5.25 Å². The summed E-state index contributed by atoms with van der Waals surface area (Å²) in [6.07, 6.45) is 2.89. The Labute approximate surface area is 193 Å². The van der Waals surface area contributed by atoms with E-state index in [-0.39, 0.29) is 30.8 Å². The van der Waals surface area contributed by atoms with Gasteiger partial charge in [0.15, 0.2) is 21.3 Å². The van der Waals surface area contributed by atoms with Crippen LogP contribution in [-0.2, 0) is 21.2 Å². The van der Waals surface area contributed by atoms with Crippen molar-refractivity contribution in [1.82, 2.24) is 4.90 Å². The Hall–Kier alpha value is -3.07. The molecule has 9 heteroatoms. The molecule has 0 spiro atoms. The number of carbonyl (C=O) groups is 2. The van der Waals surface area contributed by atoms with Crippen LogP contribution in [0.1, 0.15) is 46.5 Å². The summed E-state index contributed by atoms with van der Waals surface area (Å²) in [5.41, 5.74) is 2.21. The van der Waals surface area contributed by atoms with E-state index in [2.05, 4.69) is 5.32 Å². The van der Waals surface area contributed by atoms with Gasteiger partial charge in [-0.1, -0.05) is 18.2 Å². The Morgan fingerprint density at radius 2 is 1.97 bits per heavy atom. The number of sulfone groups is 1. The first-order valence-corrected chi connectivity index (χ1v) is 12.9. The van der Waals surface area contributed by atoms with Crippen LogP contribution in [0, 0.1) is 5.92 Å². The highest BCUT2D eigenvalue weighted by atomic mass is 32.2. The minimum Gasteiger partial charge on any atom is -0.493 e. The first-order valence-electron chi connectivity index (χ1n) is 10.9. The summed E-state index contributed by atoms with van der Waals surface area (Å²) >= 11 is 0. The van der Waals surface area contributed by atoms with Crippen LogP contribution in [0.3, 0.4) is 0 Å². The van der Waals surface area contributed by atoms with Gasteiger partial charge in [-0.25, -0.2) is 8.42 Å². The van der Waals surface area contributed by atoms with E-state index in [0.29, 0.717) is 34.9 Å². The van der Waals surface area contributed by atoms with E-state index in [4.69, 9.17) is 9.47 Å². The molecule has 1 heterocycles. The topological polar surface area (TPSA) is 102 Å². The molecule has 1 atom stereocenters. The standard InChI is InChI=1S/C24H28N2O6S/c1-4-32-20-12-16(10-11-19(20)31-2)21(33(3,29)30)14-26-13-17-6-5-7-18(22(17)24(26)28)25-23(27)15-8-9-15/h5-7,10-12,15,21H,4,8-9,13-14H2,1-3H3,(H,25,27). The van der Waals surface area contributed by atoms with Crippen molar-refractivity contribution < 1.29 is 27.5 Å². The third-order valence-corrected chi connectivity index (χ3v) is 7.44. The van der Waals surface area contributed by atoms with E-state index >= 15 is 0 Å². The zero-order valence-electron chi connectivity index (χ0n) is 19.0. The number of anilines is 1. The fourth-order valence-corrected chi connectivity index (χ4v) is 5.19. The van der Waals surface area contributed by atoms with Gasteiger partial charge in [0.25, 0.3) is 5.91 Å². The van der Waals surface area contributed by atoms with Crippen molar-refractivity contribution in [3.05, 3.63) is 53.1 Å². The van der Waals surface area contributed by atoms with Crippen molar-refractivity contribution in [3.63, 3.8) is 0 Å². The number of ether oxygens (including phenoxy) is 2. The number of nitrogens with zero attached hydrogens (tertiary/aromatic N) is 1. The number of carbonyl (C=O) groups excluding carboxylic acids is 2. The molecule has 8 nitrogen and oxygen atoms in total. The quantitative estimate of drug-likeness (QED) is 0.601. The molecular weight excluding hydrogens is 444 g/mol. The van der Waals surface area contributed by atoms with Crippen LogP contribution in [0.5, 0.6) is 11.5 Å². The third-order valence-electron chi connectivity index (χ3n) is 5.98. The fourth-order valence-electron chi connectivity index (χ4n) is 4.10. The van der Waals surface area contributed by atoms with Crippen molar-refractivity contribution in [3.8, 4) is 11.5 Å². The van der Waals surface area contributed by atoms with E-state index < -0.39 is 15.1 Å².